The van der Waals surface area contributed by atoms with Crippen LogP contribution in [-0.4, -0.2) is 23.2 Å². The molecule has 0 aliphatic carbocycles. The van der Waals surface area contributed by atoms with Crippen molar-refractivity contribution in [3.05, 3.63) is 59.9 Å². The average Bonchev–Trinajstić information content (AvgIpc) is 2.96. The lowest BCUT2D eigenvalue weighted by Crippen LogP contribution is -2.13. The van der Waals surface area contributed by atoms with Crippen LogP contribution in [0.2, 0.25) is 0 Å². The van der Waals surface area contributed by atoms with Crippen molar-refractivity contribution in [2.75, 3.05) is 4.72 Å². The minimum atomic E-state index is -3.66. The number of rotatable bonds is 5. The number of aryl methyl sites for hydroxylation is 1. The second-order valence-corrected chi connectivity index (χ2v) is 9.49. The summed E-state index contributed by atoms with van der Waals surface area (Å²) < 4.78 is 30.5. The summed E-state index contributed by atoms with van der Waals surface area (Å²) in [4.78, 5) is 0.253. The van der Waals surface area contributed by atoms with Gasteiger partial charge < -0.3 is 4.57 Å². The predicted molar refractivity (Wildman–Crippen MR) is 114 cm³/mol. The van der Waals surface area contributed by atoms with Gasteiger partial charge in [0.25, 0.3) is 10.0 Å². The Kier molecular flexibility index (Phi) is 5.41. The highest BCUT2D eigenvalue weighted by Crippen LogP contribution is 2.26. The van der Waals surface area contributed by atoms with E-state index in [1.807, 2.05) is 30.3 Å². The number of aromatic nitrogens is 3. The van der Waals surface area contributed by atoms with Crippen molar-refractivity contribution >= 4 is 15.7 Å². The van der Waals surface area contributed by atoms with Gasteiger partial charge in [-0.2, -0.15) is 0 Å². The van der Waals surface area contributed by atoms with Crippen molar-refractivity contribution in [1.82, 2.24) is 14.8 Å². The number of hydrogen-bond donors (Lipinski definition) is 1. The molecular weight excluding hydrogens is 384 g/mol. The molecule has 0 unspecified atom stereocenters. The van der Waals surface area contributed by atoms with Gasteiger partial charge in [-0.1, -0.05) is 44.5 Å². The summed E-state index contributed by atoms with van der Waals surface area (Å²) in [7, 11) is -3.66. The molecule has 1 aromatic heterocycles. The molecular formula is C22H26N4O2S. The van der Waals surface area contributed by atoms with E-state index in [1.54, 1.807) is 18.2 Å². The summed E-state index contributed by atoms with van der Waals surface area (Å²) in [5.74, 6) is 2.16. The largest absolute Gasteiger partial charge is 0.311 e. The molecule has 7 heteroatoms. The molecule has 0 saturated carbocycles. The van der Waals surface area contributed by atoms with Gasteiger partial charge in [-0.3, -0.25) is 4.72 Å². The maximum Gasteiger partial charge on any atom is 0.261 e. The van der Waals surface area contributed by atoms with Crippen molar-refractivity contribution in [3.63, 3.8) is 0 Å². The number of anilines is 1. The normalized spacial score (nSPS) is 14.4. The van der Waals surface area contributed by atoms with Crippen LogP contribution in [0.4, 0.5) is 5.69 Å². The Balaban J connectivity index is 1.60. The highest BCUT2D eigenvalue weighted by atomic mass is 32.2. The zero-order valence-electron chi connectivity index (χ0n) is 16.8. The minimum absolute atomic E-state index is 0.253. The van der Waals surface area contributed by atoms with Crippen LogP contribution in [0.3, 0.4) is 0 Å². The smallest absolute Gasteiger partial charge is 0.261 e. The van der Waals surface area contributed by atoms with Crippen LogP contribution in [0.15, 0.2) is 53.4 Å². The quantitative estimate of drug-likeness (QED) is 0.667. The van der Waals surface area contributed by atoms with E-state index in [9.17, 15) is 8.42 Å². The van der Waals surface area contributed by atoms with Crippen LogP contribution in [0.25, 0.3) is 11.4 Å². The maximum absolute atomic E-state index is 12.8. The van der Waals surface area contributed by atoms with Gasteiger partial charge in [0.1, 0.15) is 5.82 Å². The number of fused-ring (bicyclic) bond motifs is 1. The van der Waals surface area contributed by atoms with Gasteiger partial charge in [-0.05, 0) is 48.6 Å². The molecule has 0 fully saturated rings. The van der Waals surface area contributed by atoms with Gasteiger partial charge in [0, 0.05) is 24.2 Å². The van der Waals surface area contributed by atoms with Crippen molar-refractivity contribution < 1.29 is 8.42 Å². The lowest BCUT2D eigenvalue weighted by molar-refractivity contribution is 0.601. The summed E-state index contributed by atoms with van der Waals surface area (Å²) in [6, 6.07) is 14.4. The van der Waals surface area contributed by atoms with Crippen molar-refractivity contribution in [2.45, 2.75) is 56.9 Å². The topological polar surface area (TPSA) is 76.9 Å². The first-order chi connectivity index (χ1) is 13.9. The lowest BCUT2D eigenvalue weighted by atomic mass is 10.0. The molecule has 4 rings (SSSR count). The van der Waals surface area contributed by atoms with E-state index in [4.69, 9.17) is 0 Å². The van der Waals surface area contributed by atoms with Crippen LogP contribution in [0, 0.1) is 0 Å². The fourth-order valence-electron chi connectivity index (χ4n) is 3.67. The van der Waals surface area contributed by atoms with Gasteiger partial charge >= 0.3 is 0 Å². The van der Waals surface area contributed by atoms with E-state index in [0.717, 1.165) is 48.6 Å². The summed E-state index contributed by atoms with van der Waals surface area (Å²) in [5, 5.41) is 8.71. The second kappa shape index (κ2) is 7.99. The van der Waals surface area contributed by atoms with E-state index in [1.165, 1.54) is 6.42 Å². The predicted octanol–water partition coefficient (Wildman–Crippen LogP) is 4.60. The first-order valence-corrected chi connectivity index (χ1v) is 11.6. The molecule has 29 heavy (non-hydrogen) atoms. The Morgan fingerprint density at radius 1 is 1.00 bits per heavy atom. The SMILES string of the molecule is CC(C)c1ccc(S(=O)(=O)Nc2cccc(-c3nnc4n3CCCCC4)c2)cc1. The maximum atomic E-state index is 12.8. The van der Waals surface area contributed by atoms with Crippen LogP contribution in [0.1, 0.15) is 50.4 Å². The Labute approximate surface area is 172 Å². The first kappa shape index (κ1) is 19.6. The van der Waals surface area contributed by atoms with Crippen LogP contribution >= 0.6 is 0 Å². The van der Waals surface area contributed by atoms with E-state index in [0.29, 0.717) is 11.6 Å². The van der Waals surface area contributed by atoms with Gasteiger partial charge in [-0.25, -0.2) is 8.42 Å². The van der Waals surface area contributed by atoms with Gasteiger partial charge in [0.15, 0.2) is 5.82 Å². The summed E-state index contributed by atoms with van der Waals surface area (Å²) in [6.45, 7) is 5.06. The second-order valence-electron chi connectivity index (χ2n) is 7.81. The Bertz CT molecular complexity index is 1100. The summed E-state index contributed by atoms with van der Waals surface area (Å²) in [5.41, 5.74) is 2.49. The fourth-order valence-corrected chi connectivity index (χ4v) is 4.72. The monoisotopic (exact) mass is 410 g/mol. The van der Waals surface area contributed by atoms with Crippen molar-refractivity contribution in [1.29, 1.82) is 0 Å². The van der Waals surface area contributed by atoms with Gasteiger partial charge in [0.05, 0.1) is 4.90 Å². The number of nitrogens with one attached hydrogen (secondary N) is 1. The molecule has 3 aromatic rings. The van der Waals surface area contributed by atoms with Gasteiger partial charge in [0.2, 0.25) is 0 Å². The zero-order chi connectivity index (χ0) is 20.4. The standard InChI is InChI=1S/C22H26N4O2S/c1-16(2)17-10-12-20(13-11-17)29(27,28)25-19-8-6-7-18(15-19)22-24-23-21-9-4-3-5-14-26(21)22/h6-8,10-13,15-16,25H,3-5,9,14H2,1-2H3. The third kappa shape index (κ3) is 4.19. The average molecular weight is 411 g/mol. The molecule has 0 radical (unpaired) electrons. The third-order valence-electron chi connectivity index (χ3n) is 5.34. The first-order valence-electron chi connectivity index (χ1n) is 10.1. The number of hydrogen-bond acceptors (Lipinski definition) is 4. The third-order valence-corrected chi connectivity index (χ3v) is 6.74. The molecule has 152 valence electrons. The van der Waals surface area contributed by atoms with Gasteiger partial charge in [-0.15, -0.1) is 10.2 Å². The van der Waals surface area contributed by atoms with E-state index in [2.05, 4.69) is 33.3 Å². The molecule has 6 nitrogen and oxygen atoms in total. The van der Waals surface area contributed by atoms with E-state index in [-0.39, 0.29) is 4.90 Å². The number of benzene rings is 2. The molecule has 0 saturated heterocycles. The van der Waals surface area contributed by atoms with E-state index >= 15 is 0 Å². The molecule has 1 aliphatic heterocycles. The molecule has 0 spiro atoms. The Morgan fingerprint density at radius 3 is 2.55 bits per heavy atom. The molecule has 2 aromatic carbocycles. The van der Waals surface area contributed by atoms with Crippen LogP contribution < -0.4 is 4.72 Å². The van der Waals surface area contributed by atoms with Crippen molar-refractivity contribution in [3.8, 4) is 11.4 Å². The zero-order valence-corrected chi connectivity index (χ0v) is 17.6. The lowest BCUT2D eigenvalue weighted by Gasteiger charge is -2.12. The molecule has 0 bridgehead atoms. The Morgan fingerprint density at radius 2 is 1.79 bits per heavy atom. The molecule has 1 aliphatic rings. The number of nitrogens with zero attached hydrogens (tertiary/aromatic N) is 3. The molecule has 0 amide bonds. The molecule has 2 heterocycles. The van der Waals surface area contributed by atoms with Crippen LogP contribution in [-0.2, 0) is 23.0 Å². The minimum Gasteiger partial charge on any atom is -0.311 e. The highest BCUT2D eigenvalue weighted by molar-refractivity contribution is 7.92. The summed E-state index contributed by atoms with van der Waals surface area (Å²) in [6.07, 6.45) is 4.37. The summed E-state index contributed by atoms with van der Waals surface area (Å²) >= 11 is 0. The fraction of sp³-hybridized carbons (Fsp3) is 0.364. The van der Waals surface area contributed by atoms with Crippen molar-refractivity contribution in [2.24, 2.45) is 0 Å². The Hall–Kier alpha value is -2.67. The highest BCUT2D eigenvalue weighted by Gasteiger charge is 2.18. The van der Waals surface area contributed by atoms with E-state index < -0.39 is 10.0 Å². The molecule has 0 atom stereocenters. The molecule has 1 N–H and O–H groups in total. The van der Waals surface area contributed by atoms with Crippen LogP contribution in [0.5, 0.6) is 0 Å². The number of sulfonamides is 1.